The normalized spacial score (nSPS) is 21.2. The number of halogens is 2. The van der Waals surface area contributed by atoms with Crippen LogP contribution in [0.2, 0.25) is 0 Å². The van der Waals surface area contributed by atoms with Gasteiger partial charge in [0.1, 0.15) is 0 Å². The van der Waals surface area contributed by atoms with Crippen molar-refractivity contribution in [2.24, 2.45) is 0 Å². The number of hydrogen-bond donors (Lipinski definition) is 2. The monoisotopic (exact) mass is 245 g/mol. The van der Waals surface area contributed by atoms with Crippen LogP contribution in [-0.4, -0.2) is 11.7 Å². The first-order valence-electron chi connectivity index (χ1n) is 4.10. The molecule has 0 amide bonds. The minimum atomic E-state index is -0.578. The Kier molecular flexibility index (Phi) is 2.26. The lowest BCUT2D eigenvalue weighted by molar-refractivity contribution is 0.354. The van der Waals surface area contributed by atoms with Gasteiger partial charge < -0.3 is 10.4 Å². The topological polar surface area (TPSA) is 32.3 Å². The molecule has 0 saturated carbocycles. The lowest BCUT2D eigenvalue weighted by atomic mass is 9.97. The predicted molar refractivity (Wildman–Crippen MR) is 51.1 cm³/mol. The molecule has 1 atom stereocenters. The molecule has 2 rings (SSSR count). The first-order chi connectivity index (χ1) is 6.20. The third kappa shape index (κ3) is 1.44. The maximum Gasteiger partial charge on any atom is 0.179 e. The largest absolute Gasteiger partial charge is 0.505 e. The van der Waals surface area contributed by atoms with Crippen molar-refractivity contribution in [2.45, 2.75) is 12.5 Å². The van der Waals surface area contributed by atoms with E-state index in [4.69, 9.17) is 0 Å². The van der Waals surface area contributed by atoms with Crippen LogP contribution in [0.15, 0.2) is 16.6 Å². The first kappa shape index (κ1) is 8.97. The van der Waals surface area contributed by atoms with Crippen LogP contribution in [0, 0.1) is 5.82 Å². The van der Waals surface area contributed by atoms with E-state index in [0.29, 0.717) is 10.0 Å². The molecule has 1 aromatic carbocycles. The highest BCUT2D eigenvalue weighted by atomic mass is 79.9. The van der Waals surface area contributed by atoms with Gasteiger partial charge in [0.15, 0.2) is 11.6 Å². The third-order valence-electron chi connectivity index (χ3n) is 2.30. The van der Waals surface area contributed by atoms with E-state index in [1.165, 1.54) is 0 Å². The molecule has 4 heteroatoms. The van der Waals surface area contributed by atoms with Gasteiger partial charge in [-0.2, -0.15) is 0 Å². The minimum Gasteiger partial charge on any atom is -0.505 e. The molecule has 0 spiro atoms. The zero-order valence-electron chi connectivity index (χ0n) is 6.85. The van der Waals surface area contributed by atoms with Gasteiger partial charge in [0.2, 0.25) is 0 Å². The van der Waals surface area contributed by atoms with Crippen molar-refractivity contribution in [1.29, 1.82) is 0 Å². The molecule has 1 aliphatic heterocycles. The summed E-state index contributed by atoms with van der Waals surface area (Å²) in [5.41, 5.74) is 0.645. The number of aromatic hydroxyl groups is 1. The molecular weight excluding hydrogens is 237 g/mol. The fraction of sp³-hybridized carbons (Fsp3) is 0.333. The number of benzene rings is 1. The molecule has 0 bridgehead atoms. The summed E-state index contributed by atoms with van der Waals surface area (Å²) < 4.78 is 13.5. The second-order valence-electron chi connectivity index (χ2n) is 3.09. The second kappa shape index (κ2) is 3.27. The molecule has 13 heavy (non-hydrogen) atoms. The van der Waals surface area contributed by atoms with E-state index in [1.54, 1.807) is 12.1 Å². The van der Waals surface area contributed by atoms with Crippen LogP contribution in [0.4, 0.5) is 4.39 Å². The number of nitrogens with one attached hydrogen (secondary N) is 1. The van der Waals surface area contributed by atoms with Crippen molar-refractivity contribution >= 4 is 15.9 Å². The van der Waals surface area contributed by atoms with E-state index < -0.39 is 5.82 Å². The van der Waals surface area contributed by atoms with Gasteiger partial charge in [-0.3, -0.25) is 0 Å². The Hall–Kier alpha value is -0.610. The lowest BCUT2D eigenvalue weighted by Crippen LogP contribution is -2.35. The van der Waals surface area contributed by atoms with Crippen LogP contribution in [0.25, 0.3) is 0 Å². The van der Waals surface area contributed by atoms with Gasteiger partial charge in [0.25, 0.3) is 0 Å². The Morgan fingerprint density at radius 1 is 1.54 bits per heavy atom. The predicted octanol–water partition coefficient (Wildman–Crippen LogP) is 2.33. The Labute approximate surface area is 83.9 Å². The van der Waals surface area contributed by atoms with Crippen LogP contribution in [0.5, 0.6) is 5.75 Å². The number of phenols is 1. The molecule has 1 fully saturated rings. The number of hydrogen-bond acceptors (Lipinski definition) is 2. The smallest absolute Gasteiger partial charge is 0.179 e. The molecule has 0 radical (unpaired) electrons. The minimum absolute atomic E-state index is 0.114. The first-order valence-corrected chi connectivity index (χ1v) is 4.89. The van der Waals surface area contributed by atoms with Crippen LogP contribution in [-0.2, 0) is 0 Å². The molecule has 1 unspecified atom stereocenters. The van der Waals surface area contributed by atoms with Crippen molar-refractivity contribution in [1.82, 2.24) is 5.32 Å². The summed E-state index contributed by atoms with van der Waals surface area (Å²) in [4.78, 5) is 0. The molecule has 1 heterocycles. The maximum absolute atomic E-state index is 13.2. The zero-order chi connectivity index (χ0) is 9.42. The highest BCUT2D eigenvalue weighted by molar-refractivity contribution is 9.10. The van der Waals surface area contributed by atoms with Crippen molar-refractivity contribution in [3.8, 4) is 5.75 Å². The summed E-state index contributed by atoms with van der Waals surface area (Å²) in [6, 6.07) is 3.46. The van der Waals surface area contributed by atoms with E-state index >= 15 is 0 Å². The fourth-order valence-electron chi connectivity index (χ4n) is 1.39. The summed E-state index contributed by atoms with van der Waals surface area (Å²) in [5.74, 6) is -0.822. The maximum atomic E-state index is 13.2. The highest BCUT2D eigenvalue weighted by Crippen LogP contribution is 2.35. The summed E-state index contributed by atoms with van der Waals surface area (Å²) in [5, 5.41) is 12.6. The van der Waals surface area contributed by atoms with Crippen molar-refractivity contribution in [3.05, 3.63) is 28.0 Å². The quantitative estimate of drug-likeness (QED) is 0.797. The Morgan fingerprint density at radius 3 is 2.77 bits per heavy atom. The molecule has 2 nitrogen and oxygen atoms in total. The van der Waals surface area contributed by atoms with Gasteiger partial charge in [-0.1, -0.05) is 6.07 Å². The second-order valence-corrected chi connectivity index (χ2v) is 3.95. The van der Waals surface area contributed by atoms with Gasteiger partial charge in [0.05, 0.1) is 4.47 Å². The van der Waals surface area contributed by atoms with Gasteiger partial charge in [-0.05, 0) is 35.0 Å². The van der Waals surface area contributed by atoms with Crippen LogP contribution < -0.4 is 5.32 Å². The van der Waals surface area contributed by atoms with Crippen LogP contribution >= 0.6 is 15.9 Å². The van der Waals surface area contributed by atoms with Crippen LogP contribution in [0.3, 0.4) is 0 Å². The summed E-state index contributed by atoms with van der Waals surface area (Å²) >= 11 is 3.01. The molecule has 0 aromatic heterocycles. The molecule has 1 aliphatic rings. The van der Waals surface area contributed by atoms with Crippen LogP contribution in [0.1, 0.15) is 18.0 Å². The average molecular weight is 246 g/mol. The Morgan fingerprint density at radius 2 is 2.23 bits per heavy atom. The number of phenolic OH excluding ortho intramolecular Hbond substituents is 1. The molecule has 0 aliphatic carbocycles. The van der Waals surface area contributed by atoms with Crippen molar-refractivity contribution in [3.63, 3.8) is 0 Å². The molecule has 2 N–H and O–H groups in total. The standard InChI is InChI=1S/C9H9BrFNO/c10-6-2-1-5(7-3-4-12-7)9(13)8(6)11/h1-2,7,12-13H,3-4H2. The Balaban J connectivity index is 2.41. The SMILES string of the molecule is Oc1c(C2CCN2)ccc(Br)c1F. The molecule has 1 aromatic rings. The highest BCUT2D eigenvalue weighted by Gasteiger charge is 2.23. The van der Waals surface area contributed by atoms with Crippen molar-refractivity contribution < 1.29 is 9.50 Å². The van der Waals surface area contributed by atoms with Gasteiger partial charge in [-0.25, -0.2) is 4.39 Å². The molecule has 70 valence electrons. The average Bonchev–Trinajstić information content (AvgIpc) is 2.03. The number of rotatable bonds is 1. The Bertz CT molecular complexity index is 339. The van der Waals surface area contributed by atoms with E-state index in [1.807, 2.05) is 0 Å². The summed E-state index contributed by atoms with van der Waals surface area (Å²) in [6.07, 6.45) is 0.953. The van der Waals surface area contributed by atoms with Gasteiger partial charge in [-0.15, -0.1) is 0 Å². The van der Waals surface area contributed by atoms with E-state index in [0.717, 1.165) is 13.0 Å². The van der Waals surface area contributed by atoms with E-state index in [9.17, 15) is 9.50 Å². The summed E-state index contributed by atoms with van der Waals surface area (Å²) in [7, 11) is 0. The van der Waals surface area contributed by atoms with E-state index in [2.05, 4.69) is 21.2 Å². The van der Waals surface area contributed by atoms with E-state index in [-0.39, 0.29) is 11.8 Å². The zero-order valence-corrected chi connectivity index (χ0v) is 8.44. The summed E-state index contributed by atoms with van der Waals surface area (Å²) in [6.45, 7) is 0.932. The van der Waals surface area contributed by atoms with Gasteiger partial charge >= 0.3 is 0 Å². The van der Waals surface area contributed by atoms with Crippen molar-refractivity contribution in [2.75, 3.05) is 6.54 Å². The molecular formula is C9H9BrFNO. The van der Waals surface area contributed by atoms with Gasteiger partial charge in [0, 0.05) is 11.6 Å². The fourth-order valence-corrected chi connectivity index (χ4v) is 1.71. The third-order valence-corrected chi connectivity index (χ3v) is 2.91. The molecule has 1 saturated heterocycles. The lowest BCUT2D eigenvalue weighted by Gasteiger charge is -2.28.